The van der Waals surface area contributed by atoms with Gasteiger partial charge in [0.1, 0.15) is 6.04 Å². The fourth-order valence-electron chi connectivity index (χ4n) is 3.16. The summed E-state index contributed by atoms with van der Waals surface area (Å²) in [5, 5.41) is 14.8. The van der Waals surface area contributed by atoms with Crippen LogP contribution in [0.15, 0.2) is 29.5 Å². The highest BCUT2D eigenvalue weighted by molar-refractivity contribution is 5.92. The number of benzene rings is 1. The molecule has 1 atom stereocenters. The average molecular weight is 327 g/mol. The Morgan fingerprint density at radius 2 is 2.25 bits per heavy atom. The van der Waals surface area contributed by atoms with Gasteiger partial charge < -0.3 is 14.8 Å². The first-order valence-electron chi connectivity index (χ1n) is 7.81. The van der Waals surface area contributed by atoms with Crippen molar-refractivity contribution in [3.8, 4) is 0 Å². The van der Waals surface area contributed by atoms with Gasteiger partial charge in [0.15, 0.2) is 0 Å². The minimum atomic E-state index is -0.429. The van der Waals surface area contributed by atoms with Crippen molar-refractivity contribution in [3.05, 3.63) is 46.2 Å². The van der Waals surface area contributed by atoms with E-state index in [1.807, 2.05) is 19.1 Å². The molecule has 0 bridgehead atoms. The lowest BCUT2D eigenvalue weighted by atomic mass is 9.93. The predicted molar refractivity (Wildman–Crippen MR) is 83.8 cm³/mol. The summed E-state index contributed by atoms with van der Waals surface area (Å²) in [5.74, 6) is 0.132. The number of allylic oxidation sites excluding steroid dienone is 1. The molecule has 3 heterocycles. The first kappa shape index (κ1) is 14.8. The molecule has 1 N–H and O–H groups in total. The van der Waals surface area contributed by atoms with E-state index in [4.69, 9.17) is 9.47 Å². The number of nitrogens with zero attached hydrogens (tertiary/aromatic N) is 4. The number of anilines is 1. The molecule has 0 fully saturated rings. The van der Waals surface area contributed by atoms with Crippen LogP contribution in [-0.2, 0) is 27.5 Å². The molecule has 1 aromatic carbocycles. The van der Waals surface area contributed by atoms with Crippen LogP contribution in [0.2, 0.25) is 0 Å². The monoisotopic (exact) mass is 327 g/mol. The van der Waals surface area contributed by atoms with E-state index in [2.05, 4.69) is 26.9 Å². The van der Waals surface area contributed by atoms with E-state index in [1.54, 1.807) is 11.6 Å². The minimum absolute atomic E-state index is 0.308. The zero-order chi connectivity index (χ0) is 16.7. The average Bonchev–Trinajstić information content (AvgIpc) is 3.21. The smallest absolute Gasteiger partial charge is 0.338 e. The summed E-state index contributed by atoms with van der Waals surface area (Å²) < 4.78 is 12.3. The molecule has 0 aliphatic carbocycles. The Hall–Kier alpha value is -2.74. The van der Waals surface area contributed by atoms with E-state index in [-0.39, 0.29) is 5.97 Å². The number of carbonyl (C=O) groups excluding carboxylic acids is 1. The van der Waals surface area contributed by atoms with E-state index < -0.39 is 6.04 Å². The second kappa shape index (κ2) is 5.72. The molecule has 0 radical (unpaired) electrons. The summed E-state index contributed by atoms with van der Waals surface area (Å²) in [6.45, 7) is 5.12. The number of nitrogens with one attached hydrogen (secondary N) is 1. The molecule has 1 unspecified atom stereocenters. The van der Waals surface area contributed by atoms with Crippen molar-refractivity contribution in [2.45, 2.75) is 33.1 Å². The molecular formula is C16H17N5O3. The van der Waals surface area contributed by atoms with E-state index in [1.165, 1.54) is 5.56 Å². The standard InChI is InChI=1S/C16H17N5O3/c1-3-24-15(22)13-9(2)17-16-18-19-20-21(16)14(13)10-4-5-11-7-23-8-12(11)6-10/h4-6,14H,3,7-8H2,1-2H3,(H,17,18,20). The zero-order valence-corrected chi connectivity index (χ0v) is 13.4. The Morgan fingerprint density at radius 3 is 3.08 bits per heavy atom. The molecule has 2 aliphatic rings. The van der Waals surface area contributed by atoms with Gasteiger partial charge in [-0.1, -0.05) is 23.3 Å². The van der Waals surface area contributed by atoms with E-state index in [0.29, 0.717) is 37.0 Å². The molecule has 24 heavy (non-hydrogen) atoms. The van der Waals surface area contributed by atoms with Crippen LogP contribution in [-0.4, -0.2) is 32.8 Å². The number of ether oxygens (including phenoxy) is 2. The molecule has 0 saturated heterocycles. The summed E-state index contributed by atoms with van der Waals surface area (Å²) in [5.41, 5.74) is 4.43. The van der Waals surface area contributed by atoms with Crippen molar-refractivity contribution in [1.82, 2.24) is 20.2 Å². The highest BCUT2D eigenvalue weighted by Gasteiger charge is 2.35. The Kier molecular flexibility index (Phi) is 3.53. The first-order valence-corrected chi connectivity index (χ1v) is 7.81. The van der Waals surface area contributed by atoms with Crippen LogP contribution in [0.5, 0.6) is 0 Å². The molecule has 0 amide bonds. The maximum atomic E-state index is 12.5. The Balaban J connectivity index is 1.84. The summed E-state index contributed by atoms with van der Waals surface area (Å²) in [6, 6.07) is 5.64. The summed E-state index contributed by atoms with van der Waals surface area (Å²) in [4.78, 5) is 12.5. The van der Waals surface area contributed by atoms with E-state index in [0.717, 1.165) is 11.1 Å². The summed E-state index contributed by atoms with van der Waals surface area (Å²) >= 11 is 0. The van der Waals surface area contributed by atoms with Crippen molar-refractivity contribution in [2.75, 3.05) is 11.9 Å². The van der Waals surface area contributed by atoms with Crippen LogP contribution < -0.4 is 5.32 Å². The number of rotatable bonds is 3. The molecular weight excluding hydrogens is 310 g/mol. The van der Waals surface area contributed by atoms with Crippen molar-refractivity contribution < 1.29 is 14.3 Å². The summed E-state index contributed by atoms with van der Waals surface area (Å²) in [7, 11) is 0. The Morgan fingerprint density at radius 1 is 1.42 bits per heavy atom. The maximum absolute atomic E-state index is 12.5. The number of fused-ring (bicyclic) bond motifs is 2. The highest BCUT2D eigenvalue weighted by Crippen LogP contribution is 2.36. The number of carbonyl (C=O) groups is 1. The third-order valence-electron chi connectivity index (χ3n) is 4.27. The van der Waals surface area contributed by atoms with Gasteiger partial charge in [0.05, 0.1) is 25.4 Å². The van der Waals surface area contributed by atoms with Gasteiger partial charge in [0.2, 0.25) is 5.95 Å². The van der Waals surface area contributed by atoms with E-state index in [9.17, 15) is 4.79 Å². The van der Waals surface area contributed by atoms with Gasteiger partial charge in [-0.05, 0) is 41.0 Å². The molecule has 8 heteroatoms. The zero-order valence-electron chi connectivity index (χ0n) is 13.4. The topological polar surface area (TPSA) is 91.2 Å². The number of tetrazole rings is 1. The van der Waals surface area contributed by atoms with E-state index >= 15 is 0 Å². The second-order valence-corrected chi connectivity index (χ2v) is 5.75. The molecule has 8 nitrogen and oxygen atoms in total. The van der Waals surface area contributed by atoms with Crippen LogP contribution in [0, 0.1) is 0 Å². The van der Waals surface area contributed by atoms with Gasteiger partial charge in [0, 0.05) is 5.70 Å². The highest BCUT2D eigenvalue weighted by atomic mass is 16.5. The molecule has 0 spiro atoms. The number of aromatic nitrogens is 4. The minimum Gasteiger partial charge on any atom is -0.463 e. The lowest BCUT2D eigenvalue weighted by molar-refractivity contribution is -0.139. The van der Waals surface area contributed by atoms with Gasteiger partial charge in [-0.25, -0.2) is 4.79 Å². The van der Waals surface area contributed by atoms with Crippen LogP contribution in [0.1, 0.15) is 36.6 Å². The normalized spacial score (nSPS) is 18.8. The van der Waals surface area contributed by atoms with Gasteiger partial charge in [-0.15, -0.1) is 0 Å². The molecule has 4 rings (SSSR count). The SMILES string of the molecule is CCOC(=O)C1=C(C)Nc2nnnn2C1c1ccc2c(c1)COC2. The van der Waals surface area contributed by atoms with Gasteiger partial charge >= 0.3 is 5.97 Å². The van der Waals surface area contributed by atoms with Gasteiger partial charge in [-0.2, -0.15) is 4.68 Å². The molecule has 1 aromatic heterocycles. The maximum Gasteiger partial charge on any atom is 0.338 e. The first-order chi connectivity index (χ1) is 11.7. The van der Waals surface area contributed by atoms with Crippen molar-refractivity contribution in [2.24, 2.45) is 0 Å². The molecule has 124 valence electrons. The fourth-order valence-corrected chi connectivity index (χ4v) is 3.16. The second-order valence-electron chi connectivity index (χ2n) is 5.75. The number of hydrogen-bond acceptors (Lipinski definition) is 7. The van der Waals surface area contributed by atoms with Gasteiger partial charge in [-0.3, -0.25) is 0 Å². The molecule has 0 saturated carbocycles. The van der Waals surface area contributed by atoms with Crippen molar-refractivity contribution in [3.63, 3.8) is 0 Å². The van der Waals surface area contributed by atoms with Crippen molar-refractivity contribution >= 4 is 11.9 Å². The lowest BCUT2D eigenvalue weighted by Gasteiger charge is -2.27. The van der Waals surface area contributed by atoms with Crippen LogP contribution >= 0.6 is 0 Å². The number of esters is 1. The Bertz CT molecular complexity index is 842. The van der Waals surface area contributed by atoms with Crippen LogP contribution in [0.25, 0.3) is 0 Å². The van der Waals surface area contributed by atoms with Crippen LogP contribution in [0.3, 0.4) is 0 Å². The van der Waals surface area contributed by atoms with Crippen molar-refractivity contribution in [1.29, 1.82) is 0 Å². The molecule has 2 aromatic rings. The number of hydrogen-bond donors (Lipinski definition) is 1. The predicted octanol–water partition coefficient (Wildman–Crippen LogP) is 1.56. The molecule has 2 aliphatic heterocycles. The van der Waals surface area contributed by atoms with Gasteiger partial charge in [0.25, 0.3) is 0 Å². The summed E-state index contributed by atoms with van der Waals surface area (Å²) in [6.07, 6.45) is 0. The third-order valence-corrected chi connectivity index (χ3v) is 4.27. The Labute approximate surface area is 138 Å². The quantitative estimate of drug-likeness (QED) is 0.855. The lowest BCUT2D eigenvalue weighted by Crippen LogP contribution is -2.29. The van der Waals surface area contributed by atoms with Crippen LogP contribution in [0.4, 0.5) is 5.95 Å². The third kappa shape index (κ3) is 2.26. The largest absolute Gasteiger partial charge is 0.463 e. The fraction of sp³-hybridized carbons (Fsp3) is 0.375.